The lowest BCUT2D eigenvalue weighted by atomic mass is 10.2. The van der Waals surface area contributed by atoms with Crippen molar-refractivity contribution in [2.45, 2.75) is 32.6 Å². The van der Waals surface area contributed by atoms with E-state index >= 15 is 0 Å². The molecule has 6 heteroatoms. The van der Waals surface area contributed by atoms with Crippen LogP contribution in [0.1, 0.15) is 35.1 Å². The Labute approximate surface area is 102 Å². The number of hydrogen-bond donors (Lipinski definition) is 0. The first-order valence-electron chi connectivity index (χ1n) is 5.56. The van der Waals surface area contributed by atoms with Crippen LogP contribution < -0.4 is 4.90 Å². The summed E-state index contributed by atoms with van der Waals surface area (Å²) in [5.74, 6) is -2.61. The number of carbonyl (C=O) groups is 1. The van der Waals surface area contributed by atoms with Crippen LogP contribution >= 0.6 is 11.3 Å². The number of thiazole rings is 1. The van der Waals surface area contributed by atoms with E-state index in [2.05, 4.69) is 4.98 Å². The molecule has 0 unspecified atom stereocenters. The van der Waals surface area contributed by atoms with Gasteiger partial charge in [-0.3, -0.25) is 4.79 Å². The molecule has 1 aromatic heterocycles. The molecule has 0 saturated carbocycles. The van der Waals surface area contributed by atoms with Gasteiger partial charge >= 0.3 is 0 Å². The van der Waals surface area contributed by atoms with Gasteiger partial charge in [-0.05, 0) is 6.92 Å². The minimum Gasteiger partial charge on any atom is -0.342 e. The summed E-state index contributed by atoms with van der Waals surface area (Å²) in [5, 5.41) is 0.538. The zero-order valence-corrected chi connectivity index (χ0v) is 10.6. The SMILES string of the molecule is CCC(=O)c1sc(N2CCC(F)(F)C2)nc1C. The van der Waals surface area contributed by atoms with Crippen molar-refractivity contribution in [1.29, 1.82) is 0 Å². The molecular weight excluding hydrogens is 246 g/mol. The second-order valence-corrected chi connectivity index (χ2v) is 5.19. The lowest BCUT2D eigenvalue weighted by molar-refractivity contribution is 0.0257. The molecule has 3 nitrogen and oxygen atoms in total. The molecule has 1 fully saturated rings. The summed E-state index contributed by atoms with van der Waals surface area (Å²) in [6.07, 6.45) is 0.279. The Morgan fingerprint density at radius 3 is 2.82 bits per heavy atom. The summed E-state index contributed by atoms with van der Waals surface area (Å²) < 4.78 is 26.2. The number of rotatable bonds is 3. The van der Waals surface area contributed by atoms with Crippen molar-refractivity contribution in [3.63, 3.8) is 0 Å². The Balaban J connectivity index is 2.21. The fourth-order valence-corrected chi connectivity index (χ4v) is 2.94. The van der Waals surface area contributed by atoms with E-state index in [4.69, 9.17) is 0 Å². The maximum absolute atomic E-state index is 13.1. The van der Waals surface area contributed by atoms with Gasteiger partial charge in [0.25, 0.3) is 5.92 Å². The maximum atomic E-state index is 13.1. The molecule has 0 radical (unpaired) electrons. The van der Waals surface area contributed by atoms with Crippen molar-refractivity contribution in [2.24, 2.45) is 0 Å². The standard InChI is InChI=1S/C11H14F2N2OS/c1-3-8(16)9-7(2)14-10(17-9)15-5-4-11(12,13)6-15/h3-6H2,1-2H3. The average Bonchev–Trinajstić information content (AvgIpc) is 2.80. The van der Waals surface area contributed by atoms with Gasteiger partial charge in [-0.1, -0.05) is 18.3 Å². The number of aromatic nitrogens is 1. The third-order valence-electron chi connectivity index (χ3n) is 2.80. The Kier molecular flexibility index (Phi) is 3.16. The smallest absolute Gasteiger partial charge is 0.267 e. The second kappa shape index (κ2) is 4.33. The maximum Gasteiger partial charge on any atom is 0.267 e. The Bertz CT molecular complexity index is 445. The normalized spacial score (nSPS) is 18.7. The van der Waals surface area contributed by atoms with Crippen LogP contribution in [0.15, 0.2) is 0 Å². The molecule has 94 valence electrons. The lowest BCUT2D eigenvalue weighted by Crippen LogP contribution is -2.24. The highest BCUT2D eigenvalue weighted by atomic mass is 32.1. The summed E-state index contributed by atoms with van der Waals surface area (Å²) >= 11 is 1.22. The van der Waals surface area contributed by atoms with Gasteiger partial charge in [-0.15, -0.1) is 0 Å². The zero-order chi connectivity index (χ0) is 12.6. The van der Waals surface area contributed by atoms with E-state index < -0.39 is 5.92 Å². The van der Waals surface area contributed by atoms with Crippen molar-refractivity contribution in [1.82, 2.24) is 4.98 Å². The predicted octanol–water partition coefficient (Wildman–Crippen LogP) is 2.89. The molecule has 2 heterocycles. The van der Waals surface area contributed by atoms with Crippen LogP contribution in [0.2, 0.25) is 0 Å². The molecule has 0 spiro atoms. The van der Waals surface area contributed by atoms with Gasteiger partial charge in [0.05, 0.1) is 17.1 Å². The van der Waals surface area contributed by atoms with Crippen molar-refractivity contribution < 1.29 is 13.6 Å². The molecule has 1 saturated heterocycles. The molecule has 1 aliphatic rings. The van der Waals surface area contributed by atoms with Crippen LogP contribution in [0, 0.1) is 6.92 Å². The number of halogens is 2. The van der Waals surface area contributed by atoms with Crippen LogP contribution in [0.4, 0.5) is 13.9 Å². The Morgan fingerprint density at radius 2 is 2.29 bits per heavy atom. The molecule has 0 N–H and O–H groups in total. The fraction of sp³-hybridized carbons (Fsp3) is 0.636. The van der Waals surface area contributed by atoms with E-state index in [0.29, 0.717) is 28.7 Å². The summed E-state index contributed by atoms with van der Waals surface area (Å²) in [7, 11) is 0. The molecule has 0 bridgehead atoms. The van der Waals surface area contributed by atoms with E-state index in [1.807, 2.05) is 0 Å². The average molecular weight is 260 g/mol. The minimum atomic E-state index is -2.63. The number of nitrogens with zero attached hydrogens (tertiary/aromatic N) is 2. The molecule has 0 aromatic carbocycles. The van der Waals surface area contributed by atoms with Gasteiger partial charge in [-0.2, -0.15) is 0 Å². The van der Waals surface area contributed by atoms with Gasteiger partial charge in [0.2, 0.25) is 0 Å². The van der Waals surface area contributed by atoms with E-state index in [9.17, 15) is 13.6 Å². The second-order valence-electron chi connectivity index (χ2n) is 4.22. The van der Waals surface area contributed by atoms with Crippen LogP contribution in [-0.4, -0.2) is 29.8 Å². The third kappa shape index (κ3) is 2.46. The fourth-order valence-electron chi connectivity index (χ4n) is 1.84. The predicted molar refractivity (Wildman–Crippen MR) is 63.2 cm³/mol. The van der Waals surface area contributed by atoms with Crippen molar-refractivity contribution in [2.75, 3.05) is 18.0 Å². The van der Waals surface area contributed by atoms with Crippen LogP contribution in [0.3, 0.4) is 0 Å². The highest BCUT2D eigenvalue weighted by Gasteiger charge is 2.39. The molecule has 1 aliphatic heterocycles. The summed E-state index contributed by atoms with van der Waals surface area (Å²) in [6, 6.07) is 0. The number of ketones is 1. The Morgan fingerprint density at radius 1 is 1.59 bits per heavy atom. The largest absolute Gasteiger partial charge is 0.342 e. The number of Topliss-reactive ketones (excluding diaryl/α,β-unsaturated/α-hetero) is 1. The van der Waals surface area contributed by atoms with Crippen molar-refractivity contribution in [3.05, 3.63) is 10.6 Å². The number of alkyl halides is 2. The first-order valence-corrected chi connectivity index (χ1v) is 6.38. The molecule has 2 rings (SSSR count). The van der Waals surface area contributed by atoms with Gasteiger partial charge in [0, 0.05) is 19.4 Å². The minimum absolute atomic E-state index is 0.0252. The molecule has 0 aliphatic carbocycles. The van der Waals surface area contributed by atoms with E-state index in [1.54, 1.807) is 18.7 Å². The van der Waals surface area contributed by atoms with Crippen LogP contribution in [0.25, 0.3) is 0 Å². The van der Waals surface area contributed by atoms with E-state index in [0.717, 1.165) is 0 Å². The van der Waals surface area contributed by atoms with Gasteiger partial charge in [0.15, 0.2) is 10.9 Å². The van der Waals surface area contributed by atoms with Crippen molar-refractivity contribution in [3.8, 4) is 0 Å². The molecule has 0 amide bonds. The monoisotopic (exact) mass is 260 g/mol. The molecule has 17 heavy (non-hydrogen) atoms. The highest BCUT2D eigenvalue weighted by molar-refractivity contribution is 7.17. The number of carbonyl (C=O) groups excluding carboxylic acids is 1. The zero-order valence-electron chi connectivity index (χ0n) is 9.80. The molecule has 1 aromatic rings. The first-order chi connectivity index (χ1) is 7.93. The molecule has 0 atom stereocenters. The number of anilines is 1. The first kappa shape index (κ1) is 12.4. The van der Waals surface area contributed by atoms with Crippen molar-refractivity contribution >= 4 is 22.3 Å². The van der Waals surface area contributed by atoms with Crippen LogP contribution in [-0.2, 0) is 0 Å². The van der Waals surface area contributed by atoms with E-state index in [1.165, 1.54) is 11.3 Å². The Hall–Kier alpha value is -1.04. The molecular formula is C11H14F2N2OS. The van der Waals surface area contributed by atoms with Crippen LogP contribution in [0.5, 0.6) is 0 Å². The van der Waals surface area contributed by atoms with Gasteiger partial charge in [0.1, 0.15) is 0 Å². The summed E-state index contributed by atoms with van der Waals surface area (Å²) in [5.41, 5.74) is 0.645. The van der Waals surface area contributed by atoms with Gasteiger partial charge in [-0.25, -0.2) is 13.8 Å². The number of aryl methyl sites for hydroxylation is 1. The topological polar surface area (TPSA) is 33.2 Å². The quantitative estimate of drug-likeness (QED) is 0.783. The highest BCUT2D eigenvalue weighted by Crippen LogP contribution is 2.34. The summed E-state index contributed by atoms with van der Waals surface area (Å²) in [6.45, 7) is 3.54. The third-order valence-corrected chi connectivity index (χ3v) is 4.06. The van der Waals surface area contributed by atoms with Gasteiger partial charge < -0.3 is 4.90 Å². The lowest BCUT2D eigenvalue weighted by Gasteiger charge is -2.13. The number of hydrogen-bond acceptors (Lipinski definition) is 4. The summed E-state index contributed by atoms with van der Waals surface area (Å²) in [4.78, 5) is 18.0. The van der Waals surface area contributed by atoms with E-state index in [-0.39, 0.29) is 18.7 Å².